The Kier molecular flexibility index (Phi) is 4.55. The maximum absolute atomic E-state index is 12.9. The molecule has 0 bridgehead atoms. The van der Waals surface area contributed by atoms with Gasteiger partial charge in [0.15, 0.2) is 0 Å². The van der Waals surface area contributed by atoms with Gasteiger partial charge < -0.3 is 9.88 Å². The van der Waals surface area contributed by atoms with Gasteiger partial charge in [0.1, 0.15) is 5.65 Å². The van der Waals surface area contributed by atoms with E-state index in [1.807, 2.05) is 23.7 Å². The molecule has 7 heteroatoms. The first-order valence-electron chi connectivity index (χ1n) is 12.6. The molecule has 4 atom stereocenters. The van der Waals surface area contributed by atoms with E-state index < -0.39 is 10.8 Å². The van der Waals surface area contributed by atoms with Gasteiger partial charge in [-0.1, -0.05) is 42.5 Å². The van der Waals surface area contributed by atoms with Crippen LogP contribution >= 0.6 is 11.3 Å². The Morgan fingerprint density at radius 2 is 1.97 bits per heavy atom. The van der Waals surface area contributed by atoms with Gasteiger partial charge in [-0.25, -0.2) is 4.98 Å². The summed E-state index contributed by atoms with van der Waals surface area (Å²) in [4.78, 5) is 13.5. The predicted molar refractivity (Wildman–Crippen MR) is 147 cm³/mol. The highest BCUT2D eigenvalue weighted by atomic mass is 32.2. The molecule has 180 valence electrons. The van der Waals surface area contributed by atoms with E-state index in [9.17, 15) is 4.21 Å². The smallest absolute Gasteiger partial charge is 0.140 e. The maximum Gasteiger partial charge on any atom is 0.140 e. The van der Waals surface area contributed by atoms with Crippen LogP contribution in [0, 0.1) is 5.41 Å². The molecule has 5 heterocycles. The van der Waals surface area contributed by atoms with Crippen LogP contribution in [-0.4, -0.2) is 44.2 Å². The molecule has 1 aliphatic carbocycles. The van der Waals surface area contributed by atoms with Crippen LogP contribution in [0.1, 0.15) is 17.5 Å². The molecule has 3 aromatic heterocycles. The fourth-order valence-corrected chi connectivity index (χ4v) is 8.80. The molecule has 36 heavy (non-hydrogen) atoms. The first kappa shape index (κ1) is 21.1. The fraction of sp³-hybridized carbons (Fsp3) is 0.276. The number of hydrogen-bond donors (Lipinski definition) is 1. The lowest BCUT2D eigenvalue weighted by molar-refractivity contribution is 0.271. The number of pyridine rings is 1. The van der Waals surface area contributed by atoms with Crippen LogP contribution in [0.15, 0.2) is 82.5 Å². The Labute approximate surface area is 216 Å². The Balaban J connectivity index is 1.12. The molecular weight excluding hydrogens is 484 g/mol. The second-order valence-electron chi connectivity index (χ2n) is 10.5. The standard InChI is InChI=1S/C29H26N4OS2/c34-36(26-7-4-12-35-26)17-20-8-9-22-21(13-20)27-23(10-11-30-28(27)31-22)33-18-29-14-24(29)32(16-25(29)33)15-19-5-2-1-3-6-19/h1-13,24-25H,14-18H2,(H,30,31). The Bertz CT molecular complexity index is 1630. The summed E-state index contributed by atoms with van der Waals surface area (Å²) < 4.78 is 13.8. The van der Waals surface area contributed by atoms with E-state index in [-0.39, 0.29) is 0 Å². The molecule has 5 aromatic rings. The highest BCUT2D eigenvalue weighted by molar-refractivity contribution is 7.86. The minimum atomic E-state index is -1.02. The second-order valence-corrected chi connectivity index (χ2v) is 13.1. The summed E-state index contributed by atoms with van der Waals surface area (Å²) in [5, 5.41) is 4.37. The minimum absolute atomic E-state index is 0.471. The van der Waals surface area contributed by atoms with Gasteiger partial charge in [0.2, 0.25) is 0 Å². The third-order valence-corrected chi connectivity index (χ3v) is 11.2. The van der Waals surface area contributed by atoms with E-state index in [4.69, 9.17) is 0 Å². The summed E-state index contributed by atoms with van der Waals surface area (Å²) in [5.41, 5.74) is 6.29. The number of rotatable bonds is 6. The molecule has 3 aliphatic rings. The van der Waals surface area contributed by atoms with E-state index in [2.05, 4.69) is 74.4 Å². The average Bonchev–Trinajstić information content (AvgIpc) is 3.17. The van der Waals surface area contributed by atoms with E-state index in [1.165, 1.54) is 28.4 Å². The molecule has 8 rings (SSSR count). The Morgan fingerprint density at radius 1 is 1.06 bits per heavy atom. The van der Waals surface area contributed by atoms with Gasteiger partial charge in [-0.2, -0.15) is 0 Å². The number of fused-ring (bicyclic) bond motifs is 3. The largest absolute Gasteiger partial charge is 0.365 e. The van der Waals surface area contributed by atoms with Crippen LogP contribution in [0.4, 0.5) is 5.69 Å². The average molecular weight is 511 g/mol. The van der Waals surface area contributed by atoms with Crippen LogP contribution in [0.3, 0.4) is 0 Å². The predicted octanol–water partition coefficient (Wildman–Crippen LogP) is 5.55. The highest BCUT2D eigenvalue weighted by Crippen LogP contribution is 2.66. The maximum atomic E-state index is 12.9. The van der Waals surface area contributed by atoms with Crippen molar-refractivity contribution in [2.45, 2.75) is 35.0 Å². The summed E-state index contributed by atoms with van der Waals surface area (Å²) in [6.45, 7) is 3.29. The van der Waals surface area contributed by atoms with Crippen molar-refractivity contribution in [3.05, 3.63) is 89.4 Å². The fourth-order valence-electron chi connectivity index (χ4n) is 6.72. The van der Waals surface area contributed by atoms with Crippen molar-refractivity contribution in [1.29, 1.82) is 0 Å². The van der Waals surface area contributed by atoms with Gasteiger partial charge in [-0.05, 0) is 47.2 Å². The van der Waals surface area contributed by atoms with E-state index in [0.717, 1.165) is 46.6 Å². The number of anilines is 1. The number of likely N-dealkylation sites (tertiary alicyclic amines) is 1. The van der Waals surface area contributed by atoms with Crippen LogP contribution in [0.5, 0.6) is 0 Å². The van der Waals surface area contributed by atoms with Crippen molar-refractivity contribution in [2.75, 3.05) is 18.0 Å². The molecule has 3 fully saturated rings. The third kappa shape index (κ3) is 3.09. The van der Waals surface area contributed by atoms with Crippen molar-refractivity contribution in [1.82, 2.24) is 14.9 Å². The zero-order chi connectivity index (χ0) is 23.9. The summed E-state index contributed by atoms with van der Waals surface area (Å²) >= 11 is 1.56. The summed E-state index contributed by atoms with van der Waals surface area (Å²) in [6.07, 6.45) is 3.26. The molecular formula is C29H26N4OS2. The van der Waals surface area contributed by atoms with Crippen LogP contribution in [-0.2, 0) is 23.1 Å². The van der Waals surface area contributed by atoms with Gasteiger partial charge in [0, 0.05) is 53.6 Å². The second kappa shape index (κ2) is 7.75. The quantitative estimate of drug-likeness (QED) is 0.326. The monoisotopic (exact) mass is 510 g/mol. The number of aromatic nitrogens is 2. The van der Waals surface area contributed by atoms with Crippen molar-refractivity contribution < 1.29 is 4.21 Å². The van der Waals surface area contributed by atoms with Gasteiger partial charge in [0.25, 0.3) is 0 Å². The highest BCUT2D eigenvalue weighted by Gasteiger charge is 2.74. The van der Waals surface area contributed by atoms with Gasteiger partial charge in [-0.15, -0.1) is 11.3 Å². The molecule has 4 unspecified atom stereocenters. The van der Waals surface area contributed by atoms with Crippen molar-refractivity contribution in [3.63, 3.8) is 0 Å². The molecule has 2 aromatic carbocycles. The summed E-state index contributed by atoms with van der Waals surface area (Å²) in [7, 11) is -1.02. The lowest BCUT2D eigenvalue weighted by Gasteiger charge is -2.48. The number of benzene rings is 2. The topological polar surface area (TPSA) is 52.2 Å². The van der Waals surface area contributed by atoms with E-state index in [0.29, 0.717) is 17.2 Å². The number of nitrogens with one attached hydrogen (secondary N) is 1. The third-order valence-electron chi connectivity index (χ3n) is 8.52. The molecule has 1 spiro atoms. The normalized spacial score (nSPS) is 25.6. The van der Waals surface area contributed by atoms with Crippen LogP contribution < -0.4 is 4.90 Å². The Hall–Kier alpha value is -3.00. The zero-order valence-electron chi connectivity index (χ0n) is 19.8. The van der Waals surface area contributed by atoms with Gasteiger partial charge in [-0.3, -0.25) is 9.11 Å². The number of piperidine rings is 1. The number of aromatic amines is 1. The van der Waals surface area contributed by atoms with Gasteiger partial charge >= 0.3 is 0 Å². The zero-order valence-corrected chi connectivity index (χ0v) is 21.4. The number of thiophene rings is 1. The molecule has 5 nitrogen and oxygen atoms in total. The van der Waals surface area contributed by atoms with Crippen molar-refractivity contribution in [2.24, 2.45) is 5.41 Å². The minimum Gasteiger partial charge on any atom is -0.365 e. The van der Waals surface area contributed by atoms with Crippen molar-refractivity contribution >= 4 is 49.8 Å². The molecule has 0 amide bonds. The first-order chi connectivity index (χ1) is 17.7. The van der Waals surface area contributed by atoms with E-state index in [1.54, 1.807) is 11.3 Å². The van der Waals surface area contributed by atoms with Gasteiger partial charge in [0.05, 0.1) is 32.5 Å². The number of H-pyrrole nitrogens is 1. The molecule has 2 saturated heterocycles. The number of hydrogen-bond acceptors (Lipinski definition) is 5. The Morgan fingerprint density at radius 3 is 2.83 bits per heavy atom. The molecule has 0 radical (unpaired) electrons. The molecule has 2 aliphatic heterocycles. The molecule has 1 N–H and O–H groups in total. The summed E-state index contributed by atoms with van der Waals surface area (Å²) in [6, 6.07) is 24.7. The van der Waals surface area contributed by atoms with E-state index >= 15 is 0 Å². The number of nitrogens with zero attached hydrogens (tertiary/aromatic N) is 3. The molecule has 1 saturated carbocycles. The van der Waals surface area contributed by atoms with Crippen LogP contribution in [0.2, 0.25) is 0 Å². The van der Waals surface area contributed by atoms with Crippen LogP contribution in [0.25, 0.3) is 21.9 Å². The van der Waals surface area contributed by atoms with Crippen molar-refractivity contribution in [3.8, 4) is 0 Å². The lowest BCUT2D eigenvalue weighted by Crippen LogP contribution is -2.59. The SMILES string of the molecule is O=S(Cc1ccc2[nH]c3nccc(N4CC56CC5N(Cc5ccccc5)CC46)c3c2c1)c1cccs1. The first-order valence-corrected chi connectivity index (χ1v) is 14.8. The lowest BCUT2D eigenvalue weighted by atomic mass is 9.85. The summed E-state index contributed by atoms with van der Waals surface area (Å²) in [5.74, 6) is 0.532.